The van der Waals surface area contributed by atoms with Gasteiger partial charge in [-0.25, -0.2) is 0 Å². The Hall–Kier alpha value is -2.17. The van der Waals surface area contributed by atoms with Crippen molar-refractivity contribution in [3.8, 4) is 0 Å². The lowest BCUT2D eigenvalue weighted by molar-refractivity contribution is -0.141. The molecule has 0 saturated carbocycles. The molecule has 2 rings (SSSR count). The molecule has 5 heteroatoms. The Morgan fingerprint density at radius 2 is 1.83 bits per heavy atom. The van der Waals surface area contributed by atoms with Crippen molar-refractivity contribution in [2.24, 2.45) is 5.41 Å². The summed E-state index contributed by atoms with van der Waals surface area (Å²) in [6.45, 7) is 8.32. The fourth-order valence-electron chi connectivity index (χ4n) is 2.94. The van der Waals surface area contributed by atoms with Gasteiger partial charge in [-0.15, -0.1) is 0 Å². The van der Waals surface area contributed by atoms with Crippen LogP contribution in [-0.2, 0) is 9.59 Å². The number of amides is 2. The van der Waals surface area contributed by atoms with E-state index in [9.17, 15) is 14.4 Å². The number of hydrogen-bond donors (Lipinski definition) is 1. The highest BCUT2D eigenvalue weighted by Gasteiger charge is 2.37. The van der Waals surface area contributed by atoms with Gasteiger partial charge in [0.2, 0.25) is 5.91 Å². The molecule has 1 aliphatic heterocycles. The maximum atomic E-state index is 12.6. The molecule has 0 radical (unpaired) electrons. The van der Waals surface area contributed by atoms with Crippen molar-refractivity contribution >= 4 is 17.6 Å². The second kappa shape index (κ2) is 6.75. The predicted octanol–water partition coefficient (Wildman–Crippen LogP) is 2.41. The molecule has 0 unspecified atom stereocenters. The Kier molecular flexibility index (Phi) is 5.11. The Morgan fingerprint density at radius 3 is 2.42 bits per heavy atom. The molecule has 0 atom stereocenters. The van der Waals surface area contributed by atoms with E-state index < -0.39 is 11.0 Å². The average molecular weight is 330 g/mol. The van der Waals surface area contributed by atoms with Gasteiger partial charge in [0.25, 0.3) is 5.91 Å². The fourth-order valence-corrected chi connectivity index (χ4v) is 2.94. The molecule has 0 aromatic heterocycles. The Labute approximate surface area is 143 Å². The van der Waals surface area contributed by atoms with E-state index in [2.05, 4.69) is 5.32 Å². The van der Waals surface area contributed by atoms with E-state index >= 15 is 0 Å². The third kappa shape index (κ3) is 4.43. The van der Waals surface area contributed by atoms with E-state index in [4.69, 9.17) is 0 Å². The van der Waals surface area contributed by atoms with Crippen LogP contribution in [-0.4, -0.2) is 41.1 Å². The lowest BCUT2D eigenvalue weighted by atomic mass is 9.82. The molecule has 0 bridgehead atoms. The van der Waals surface area contributed by atoms with Crippen molar-refractivity contribution in [1.82, 2.24) is 10.2 Å². The molecule has 5 nitrogen and oxygen atoms in total. The predicted molar refractivity (Wildman–Crippen MR) is 92.6 cm³/mol. The normalized spacial score (nSPS) is 17.5. The number of rotatable bonds is 4. The molecular weight excluding hydrogens is 304 g/mol. The van der Waals surface area contributed by atoms with Crippen molar-refractivity contribution in [3.63, 3.8) is 0 Å². The number of nitrogens with one attached hydrogen (secondary N) is 1. The maximum Gasteiger partial charge on any atom is 0.251 e. The van der Waals surface area contributed by atoms with E-state index in [1.54, 1.807) is 29.2 Å². The summed E-state index contributed by atoms with van der Waals surface area (Å²) in [5.74, 6) is -0.0281. The first-order valence-electron chi connectivity index (χ1n) is 8.29. The Morgan fingerprint density at radius 1 is 1.21 bits per heavy atom. The van der Waals surface area contributed by atoms with Gasteiger partial charge in [-0.3, -0.25) is 14.4 Å². The molecule has 0 spiro atoms. The zero-order valence-electron chi connectivity index (χ0n) is 14.9. The molecule has 1 aromatic rings. The smallest absolute Gasteiger partial charge is 0.251 e. The molecule has 1 heterocycles. The highest BCUT2D eigenvalue weighted by atomic mass is 16.2. The first-order valence-corrected chi connectivity index (χ1v) is 8.29. The van der Waals surface area contributed by atoms with Crippen LogP contribution in [0.15, 0.2) is 30.3 Å². The number of carbonyl (C=O) groups is 3. The molecule has 2 amide bonds. The quantitative estimate of drug-likeness (QED) is 0.922. The van der Waals surface area contributed by atoms with Crippen LogP contribution in [0.1, 0.15) is 50.9 Å². The first kappa shape index (κ1) is 18.2. The van der Waals surface area contributed by atoms with E-state index in [0.29, 0.717) is 25.1 Å². The van der Waals surface area contributed by atoms with Crippen LogP contribution in [0.4, 0.5) is 0 Å². The van der Waals surface area contributed by atoms with Crippen LogP contribution in [0.2, 0.25) is 0 Å². The lowest BCUT2D eigenvalue weighted by Crippen LogP contribution is -2.52. The third-order valence-electron chi connectivity index (χ3n) is 4.38. The van der Waals surface area contributed by atoms with Crippen molar-refractivity contribution in [1.29, 1.82) is 0 Å². The minimum atomic E-state index is -0.657. The van der Waals surface area contributed by atoms with Gasteiger partial charge in [-0.1, -0.05) is 32.0 Å². The zero-order chi connectivity index (χ0) is 18.0. The van der Waals surface area contributed by atoms with E-state index in [1.165, 1.54) is 0 Å². The number of likely N-dealkylation sites (tertiary alicyclic amines) is 1. The zero-order valence-corrected chi connectivity index (χ0v) is 14.9. The lowest BCUT2D eigenvalue weighted by Gasteiger charge is -2.38. The van der Waals surface area contributed by atoms with Crippen LogP contribution in [0.3, 0.4) is 0 Å². The molecule has 0 aliphatic carbocycles. The molecule has 1 aliphatic rings. The minimum Gasteiger partial charge on any atom is -0.347 e. The second-order valence-corrected chi connectivity index (χ2v) is 7.75. The fraction of sp³-hybridized carbons (Fsp3) is 0.526. The number of piperidine rings is 1. The van der Waals surface area contributed by atoms with Crippen LogP contribution in [0.5, 0.6) is 0 Å². The van der Waals surface area contributed by atoms with Crippen LogP contribution < -0.4 is 5.32 Å². The van der Waals surface area contributed by atoms with Gasteiger partial charge in [-0.2, -0.15) is 0 Å². The molecule has 1 N–H and O–H groups in total. The molecule has 1 saturated heterocycles. The second-order valence-electron chi connectivity index (χ2n) is 7.75. The Bertz CT molecular complexity index is 635. The first-order chi connectivity index (χ1) is 11.1. The molecule has 1 fully saturated rings. The standard InChI is InChI=1S/C19H26N2O3/c1-18(2)13-21(11-10-15(18)22)16(23)12-19(3,4)20-17(24)14-8-6-5-7-9-14/h5-9H,10-13H2,1-4H3,(H,20,24). The van der Waals surface area contributed by atoms with E-state index in [0.717, 1.165) is 0 Å². The van der Waals surface area contributed by atoms with Gasteiger partial charge in [0.15, 0.2) is 0 Å². The van der Waals surface area contributed by atoms with Crippen molar-refractivity contribution in [3.05, 3.63) is 35.9 Å². The summed E-state index contributed by atoms with van der Waals surface area (Å²) >= 11 is 0. The topological polar surface area (TPSA) is 66.5 Å². The van der Waals surface area contributed by atoms with Gasteiger partial charge >= 0.3 is 0 Å². The summed E-state index contributed by atoms with van der Waals surface area (Å²) in [5.41, 5.74) is -0.580. The van der Waals surface area contributed by atoms with E-state index in [1.807, 2.05) is 33.8 Å². The third-order valence-corrected chi connectivity index (χ3v) is 4.38. The highest BCUT2D eigenvalue weighted by molar-refractivity contribution is 5.95. The average Bonchev–Trinajstić information content (AvgIpc) is 2.49. The summed E-state index contributed by atoms with van der Waals surface area (Å²) in [5, 5.41) is 2.92. The summed E-state index contributed by atoms with van der Waals surface area (Å²) in [4.78, 5) is 38.5. The molecule has 24 heavy (non-hydrogen) atoms. The van der Waals surface area contributed by atoms with Crippen molar-refractivity contribution in [2.75, 3.05) is 13.1 Å². The number of ketones is 1. The summed E-state index contributed by atoms with van der Waals surface area (Å²) < 4.78 is 0. The molecular formula is C19H26N2O3. The van der Waals surface area contributed by atoms with Crippen molar-refractivity contribution in [2.45, 2.75) is 46.1 Å². The van der Waals surface area contributed by atoms with Crippen molar-refractivity contribution < 1.29 is 14.4 Å². The number of Topliss-reactive ketones (excluding diaryl/α,β-unsaturated/α-hetero) is 1. The van der Waals surface area contributed by atoms with Gasteiger partial charge in [0.1, 0.15) is 5.78 Å². The number of carbonyl (C=O) groups excluding carboxylic acids is 3. The van der Waals surface area contributed by atoms with Crippen LogP contribution >= 0.6 is 0 Å². The summed E-state index contributed by atoms with van der Waals surface area (Å²) in [6.07, 6.45) is 0.603. The van der Waals surface area contributed by atoms with Crippen LogP contribution in [0, 0.1) is 5.41 Å². The summed E-state index contributed by atoms with van der Waals surface area (Å²) in [7, 11) is 0. The molecule has 130 valence electrons. The van der Waals surface area contributed by atoms with Gasteiger partial charge < -0.3 is 10.2 Å². The summed E-state index contributed by atoms with van der Waals surface area (Å²) in [6, 6.07) is 8.95. The van der Waals surface area contributed by atoms with Crippen LogP contribution in [0.25, 0.3) is 0 Å². The number of nitrogens with zero attached hydrogens (tertiary/aromatic N) is 1. The number of hydrogen-bond acceptors (Lipinski definition) is 3. The van der Waals surface area contributed by atoms with E-state index in [-0.39, 0.29) is 24.0 Å². The van der Waals surface area contributed by atoms with Gasteiger partial charge in [-0.05, 0) is 26.0 Å². The Balaban J connectivity index is 1.97. The maximum absolute atomic E-state index is 12.6. The monoisotopic (exact) mass is 330 g/mol. The van der Waals surface area contributed by atoms with Gasteiger partial charge in [0, 0.05) is 42.4 Å². The largest absolute Gasteiger partial charge is 0.347 e. The SMILES string of the molecule is CC(C)(CC(=O)N1CCC(=O)C(C)(C)C1)NC(=O)c1ccccc1. The number of benzene rings is 1. The molecule has 1 aromatic carbocycles. The van der Waals surface area contributed by atoms with Gasteiger partial charge in [0.05, 0.1) is 0 Å². The minimum absolute atomic E-state index is 0.0334. The highest BCUT2D eigenvalue weighted by Crippen LogP contribution is 2.26.